The third-order valence-corrected chi connectivity index (χ3v) is 4.07. The summed E-state index contributed by atoms with van der Waals surface area (Å²) in [4.78, 5) is 25.4. The van der Waals surface area contributed by atoms with Gasteiger partial charge in [0.15, 0.2) is 0 Å². The molecular weight excluding hydrogens is 270 g/mol. The summed E-state index contributed by atoms with van der Waals surface area (Å²) in [5.41, 5.74) is 0. The standard InChI is InChI=1S/C15H29N3O3/c1-4-9-18(12-5-7-16-8-6-12)15(21)17-10-13(11(2)3)14(19)20/h11-13,16H,4-10H2,1-3H3,(H,17,21)(H,19,20). The van der Waals surface area contributed by atoms with E-state index in [0.29, 0.717) is 0 Å². The fourth-order valence-corrected chi connectivity index (χ4v) is 2.72. The molecule has 1 heterocycles. The summed E-state index contributed by atoms with van der Waals surface area (Å²) >= 11 is 0. The van der Waals surface area contributed by atoms with E-state index in [9.17, 15) is 14.7 Å². The zero-order chi connectivity index (χ0) is 15.8. The number of carbonyl (C=O) groups is 2. The number of aliphatic carboxylic acids is 1. The maximum atomic E-state index is 12.4. The molecule has 21 heavy (non-hydrogen) atoms. The van der Waals surface area contributed by atoms with E-state index in [1.807, 2.05) is 18.7 Å². The Morgan fingerprint density at radius 3 is 2.43 bits per heavy atom. The highest BCUT2D eigenvalue weighted by atomic mass is 16.4. The van der Waals surface area contributed by atoms with Crippen LogP contribution in [0.3, 0.4) is 0 Å². The van der Waals surface area contributed by atoms with E-state index >= 15 is 0 Å². The molecule has 0 bridgehead atoms. The molecular formula is C15H29N3O3. The van der Waals surface area contributed by atoms with E-state index in [4.69, 9.17) is 0 Å². The van der Waals surface area contributed by atoms with Gasteiger partial charge in [-0.15, -0.1) is 0 Å². The number of amides is 2. The van der Waals surface area contributed by atoms with Gasteiger partial charge >= 0.3 is 12.0 Å². The number of carbonyl (C=O) groups excluding carboxylic acids is 1. The number of carboxylic acid groups (broad SMARTS) is 1. The monoisotopic (exact) mass is 299 g/mol. The average Bonchev–Trinajstić information content (AvgIpc) is 2.44. The van der Waals surface area contributed by atoms with Crippen LogP contribution in [-0.4, -0.2) is 54.2 Å². The second kappa shape index (κ2) is 8.87. The van der Waals surface area contributed by atoms with Gasteiger partial charge in [0.25, 0.3) is 0 Å². The van der Waals surface area contributed by atoms with Gasteiger partial charge < -0.3 is 20.6 Å². The number of rotatable bonds is 7. The van der Waals surface area contributed by atoms with Gasteiger partial charge in [0.1, 0.15) is 0 Å². The average molecular weight is 299 g/mol. The minimum atomic E-state index is -0.853. The summed E-state index contributed by atoms with van der Waals surface area (Å²) in [6, 6.07) is 0.129. The van der Waals surface area contributed by atoms with Crippen LogP contribution in [-0.2, 0) is 4.79 Å². The van der Waals surface area contributed by atoms with Gasteiger partial charge in [-0.05, 0) is 38.3 Å². The van der Waals surface area contributed by atoms with E-state index in [1.165, 1.54) is 0 Å². The molecule has 122 valence electrons. The minimum Gasteiger partial charge on any atom is -0.481 e. The molecule has 3 N–H and O–H groups in total. The van der Waals surface area contributed by atoms with Crippen molar-refractivity contribution < 1.29 is 14.7 Å². The normalized spacial score (nSPS) is 17.5. The molecule has 1 aliphatic rings. The van der Waals surface area contributed by atoms with E-state index in [-0.39, 0.29) is 24.5 Å². The highest BCUT2D eigenvalue weighted by Gasteiger charge is 2.27. The number of carboxylic acids is 1. The van der Waals surface area contributed by atoms with Gasteiger partial charge in [-0.3, -0.25) is 4.79 Å². The molecule has 6 nitrogen and oxygen atoms in total. The summed E-state index contributed by atoms with van der Waals surface area (Å²) in [6.07, 6.45) is 2.82. The van der Waals surface area contributed by atoms with Crippen molar-refractivity contribution in [3.8, 4) is 0 Å². The Morgan fingerprint density at radius 1 is 1.33 bits per heavy atom. The Bertz CT molecular complexity index is 341. The SMILES string of the molecule is CCCN(C(=O)NCC(C(=O)O)C(C)C)C1CCNCC1. The lowest BCUT2D eigenvalue weighted by molar-refractivity contribution is -0.142. The smallest absolute Gasteiger partial charge is 0.317 e. The second-order valence-electron chi connectivity index (χ2n) is 6.05. The molecule has 1 fully saturated rings. The van der Waals surface area contributed by atoms with Crippen molar-refractivity contribution in [2.24, 2.45) is 11.8 Å². The lowest BCUT2D eigenvalue weighted by Gasteiger charge is -2.35. The number of urea groups is 1. The largest absolute Gasteiger partial charge is 0.481 e. The third kappa shape index (κ3) is 5.53. The molecule has 2 amide bonds. The van der Waals surface area contributed by atoms with Crippen LogP contribution in [0.5, 0.6) is 0 Å². The van der Waals surface area contributed by atoms with Gasteiger partial charge in [0, 0.05) is 19.1 Å². The third-order valence-electron chi connectivity index (χ3n) is 4.07. The van der Waals surface area contributed by atoms with Crippen LogP contribution < -0.4 is 10.6 Å². The maximum absolute atomic E-state index is 12.4. The molecule has 0 aromatic rings. The lowest BCUT2D eigenvalue weighted by Crippen LogP contribution is -2.51. The highest BCUT2D eigenvalue weighted by molar-refractivity contribution is 5.76. The summed E-state index contributed by atoms with van der Waals surface area (Å²) in [7, 11) is 0. The summed E-state index contributed by atoms with van der Waals surface area (Å²) in [6.45, 7) is 8.55. The Labute approximate surface area is 127 Å². The molecule has 1 atom stereocenters. The Balaban J connectivity index is 2.57. The number of hydrogen-bond donors (Lipinski definition) is 3. The molecule has 0 aromatic carbocycles. The molecule has 0 aromatic heterocycles. The van der Waals surface area contributed by atoms with Crippen LogP contribution in [0.25, 0.3) is 0 Å². The van der Waals surface area contributed by atoms with E-state index in [0.717, 1.165) is 38.9 Å². The van der Waals surface area contributed by atoms with Crippen molar-refractivity contribution in [3.05, 3.63) is 0 Å². The minimum absolute atomic E-state index is 0.00121. The number of nitrogens with zero attached hydrogens (tertiary/aromatic N) is 1. The van der Waals surface area contributed by atoms with Gasteiger partial charge in [0.2, 0.25) is 0 Å². The molecule has 0 spiro atoms. The van der Waals surface area contributed by atoms with Crippen LogP contribution in [0.15, 0.2) is 0 Å². The van der Waals surface area contributed by atoms with E-state index < -0.39 is 11.9 Å². The van der Waals surface area contributed by atoms with Crippen LogP contribution in [0.4, 0.5) is 4.79 Å². The van der Waals surface area contributed by atoms with Crippen LogP contribution in [0.1, 0.15) is 40.0 Å². The molecule has 6 heteroatoms. The van der Waals surface area contributed by atoms with Crippen molar-refractivity contribution in [3.63, 3.8) is 0 Å². The van der Waals surface area contributed by atoms with E-state index in [2.05, 4.69) is 17.6 Å². The Morgan fingerprint density at radius 2 is 1.95 bits per heavy atom. The van der Waals surface area contributed by atoms with Crippen LogP contribution in [0.2, 0.25) is 0 Å². The van der Waals surface area contributed by atoms with Crippen LogP contribution in [0, 0.1) is 11.8 Å². The van der Waals surface area contributed by atoms with Gasteiger partial charge in [-0.1, -0.05) is 20.8 Å². The molecule has 1 aliphatic heterocycles. The zero-order valence-corrected chi connectivity index (χ0v) is 13.4. The zero-order valence-electron chi connectivity index (χ0n) is 13.4. The summed E-state index contributed by atoms with van der Waals surface area (Å²) in [5.74, 6) is -1.39. The maximum Gasteiger partial charge on any atom is 0.317 e. The molecule has 0 saturated carbocycles. The second-order valence-corrected chi connectivity index (χ2v) is 6.05. The first-order valence-electron chi connectivity index (χ1n) is 7.95. The van der Waals surface area contributed by atoms with Crippen molar-refractivity contribution in [1.82, 2.24) is 15.5 Å². The molecule has 0 radical (unpaired) electrons. The fourth-order valence-electron chi connectivity index (χ4n) is 2.72. The molecule has 1 rings (SSSR count). The predicted octanol–water partition coefficient (Wildman–Crippen LogP) is 1.52. The van der Waals surface area contributed by atoms with Gasteiger partial charge in [-0.2, -0.15) is 0 Å². The van der Waals surface area contributed by atoms with Crippen molar-refractivity contribution >= 4 is 12.0 Å². The summed E-state index contributed by atoms with van der Waals surface area (Å²) < 4.78 is 0. The van der Waals surface area contributed by atoms with Gasteiger partial charge in [0.05, 0.1) is 5.92 Å². The quantitative estimate of drug-likeness (QED) is 0.665. The van der Waals surface area contributed by atoms with Crippen molar-refractivity contribution in [1.29, 1.82) is 0 Å². The van der Waals surface area contributed by atoms with Crippen LogP contribution >= 0.6 is 0 Å². The van der Waals surface area contributed by atoms with Crippen molar-refractivity contribution in [2.75, 3.05) is 26.2 Å². The number of hydrogen-bond acceptors (Lipinski definition) is 3. The summed E-state index contributed by atoms with van der Waals surface area (Å²) in [5, 5.41) is 15.3. The molecule has 0 aliphatic carbocycles. The first kappa shape index (κ1) is 17.8. The first-order chi connectivity index (χ1) is 9.97. The Hall–Kier alpha value is -1.30. The van der Waals surface area contributed by atoms with Gasteiger partial charge in [-0.25, -0.2) is 4.79 Å². The highest BCUT2D eigenvalue weighted by Crippen LogP contribution is 2.14. The fraction of sp³-hybridized carbons (Fsp3) is 0.867. The molecule has 1 unspecified atom stereocenters. The topological polar surface area (TPSA) is 81.7 Å². The predicted molar refractivity (Wildman–Crippen MR) is 82.3 cm³/mol. The number of piperidine rings is 1. The number of nitrogens with one attached hydrogen (secondary N) is 2. The lowest BCUT2D eigenvalue weighted by atomic mass is 9.96. The van der Waals surface area contributed by atoms with Crippen molar-refractivity contribution in [2.45, 2.75) is 46.1 Å². The van der Waals surface area contributed by atoms with E-state index in [1.54, 1.807) is 0 Å². The first-order valence-corrected chi connectivity index (χ1v) is 7.95. The Kier molecular flexibility index (Phi) is 7.50. The molecule has 1 saturated heterocycles.